The van der Waals surface area contributed by atoms with Gasteiger partial charge in [0.2, 0.25) is 6.79 Å². The number of ether oxygens (including phenoxy) is 2. The molecule has 3 aromatic rings. The third-order valence-electron chi connectivity index (χ3n) is 7.30. The van der Waals surface area contributed by atoms with Gasteiger partial charge in [-0.2, -0.15) is 0 Å². The molecular weight excluding hydrogens is 426 g/mol. The number of carbonyl (C=O) groups is 1. The Morgan fingerprint density at radius 2 is 2.12 bits per heavy atom. The number of benzene rings is 1. The van der Waals surface area contributed by atoms with Crippen LogP contribution in [0.2, 0.25) is 0 Å². The molecule has 1 saturated carbocycles. The Bertz CT molecular complexity index is 1150. The SMILES string of the molecule is CC1C(NCCc2ccc3c(c2)OCO3)CCC(C(=O)O)(c2ncc3ccsc3n2)C1C. The first-order chi connectivity index (χ1) is 15.5. The molecule has 0 spiro atoms. The van der Waals surface area contributed by atoms with Crippen LogP contribution in [-0.4, -0.2) is 40.4 Å². The standard InChI is InChI=1S/C24H27N3O4S/c1-14-15(2)24(23(28)29,22-26-12-17-7-10-32-21(17)27-22)8-5-18(14)25-9-6-16-3-4-19-20(11-16)31-13-30-19/h3-4,7,10-12,14-15,18,25H,5-6,8-9,13H2,1-2H3,(H,28,29). The van der Waals surface area contributed by atoms with Crippen molar-refractivity contribution in [2.75, 3.05) is 13.3 Å². The lowest BCUT2D eigenvalue weighted by Gasteiger charge is -2.45. The highest BCUT2D eigenvalue weighted by atomic mass is 32.1. The summed E-state index contributed by atoms with van der Waals surface area (Å²) < 4.78 is 10.8. The lowest BCUT2D eigenvalue weighted by Crippen LogP contribution is -2.55. The lowest BCUT2D eigenvalue weighted by molar-refractivity contribution is -0.149. The highest BCUT2D eigenvalue weighted by Gasteiger charge is 2.53. The Morgan fingerprint density at radius 1 is 1.28 bits per heavy atom. The van der Waals surface area contributed by atoms with Crippen LogP contribution >= 0.6 is 11.3 Å². The van der Waals surface area contributed by atoms with E-state index < -0.39 is 11.4 Å². The van der Waals surface area contributed by atoms with Gasteiger partial charge in [-0.15, -0.1) is 11.3 Å². The molecule has 7 nitrogen and oxygen atoms in total. The summed E-state index contributed by atoms with van der Waals surface area (Å²) in [6.07, 6.45) is 3.92. The quantitative estimate of drug-likeness (QED) is 0.582. The van der Waals surface area contributed by atoms with E-state index in [1.54, 1.807) is 6.20 Å². The highest BCUT2D eigenvalue weighted by molar-refractivity contribution is 7.16. The van der Waals surface area contributed by atoms with E-state index in [2.05, 4.69) is 28.3 Å². The van der Waals surface area contributed by atoms with E-state index in [1.165, 1.54) is 16.9 Å². The zero-order valence-electron chi connectivity index (χ0n) is 18.2. The first-order valence-corrected chi connectivity index (χ1v) is 11.9. The molecule has 1 aromatic carbocycles. The van der Waals surface area contributed by atoms with Crippen molar-refractivity contribution in [2.45, 2.75) is 44.6 Å². The van der Waals surface area contributed by atoms with Crippen LogP contribution in [0.15, 0.2) is 35.8 Å². The minimum absolute atomic E-state index is 0.103. The van der Waals surface area contributed by atoms with E-state index in [0.717, 1.165) is 41.1 Å². The fourth-order valence-corrected chi connectivity index (χ4v) is 5.88. The molecule has 0 saturated heterocycles. The monoisotopic (exact) mass is 453 g/mol. The largest absolute Gasteiger partial charge is 0.480 e. The molecule has 0 bridgehead atoms. The van der Waals surface area contributed by atoms with E-state index in [4.69, 9.17) is 9.47 Å². The van der Waals surface area contributed by atoms with E-state index >= 15 is 0 Å². The molecule has 0 amide bonds. The van der Waals surface area contributed by atoms with Gasteiger partial charge in [-0.05, 0) is 66.8 Å². The van der Waals surface area contributed by atoms with Crippen molar-refractivity contribution in [2.24, 2.45) is 11.8 Å². The second-order valence-corrected chi connectivity index (χ2v) is 9.73. The predicted molar refractivity (Wildman–Crippen MR) is 122 cm³/mol. The number of hydrogen-bond acceptors (Lipinski definition) is 7. The second kappa shape index (κ2) is 8.33. The molecule has 3 heterocycles. The summed E-state index contributed by atoms with van der Waals surface area (Å²) >= 11 is 1.52. The van der Waals surface area contributed by atoms with Crippen LogP contribution in [0.3, 0.4) is 0 Å². The maximum Gasteiger partial charge on any atom is 0.317 e. The van der Waals surface area contributed by atoms with E-state index in [-0.39, 0.29) is 24.7 Å². The average Bonchev–Trinajstić information content (AvgIpc) is 3.45. The van der Waals surface area contributed by atoms with E-state index in [0.29, 0.717) is 12.2 Å². The molecule has 1 aliphatic carbocycles. The number of nitrogens with zero attached hydrogens (tertiary/aromatic N) is 2. The van der Waals surface area contributed by atoms with Gasteiger partial charge >= 0.3 is 5.97 Å². The molecule has 1 aliphatic heterocycles. The van der Waals surface area contributed by atoms with Gasteiger partial charge in [-0.25, -0.2) is 9.97 Å². The third kappa shape index (κ3) is 3.51. The third-order valence-corrected chi connectivity index (χ3v) is 8.12. The van der Waals surface area contributed by atoms with Gasteiger partial charge < -0.3 is 19.9 Å². The first-order valence-electron chi connectivity index (χ1n) is 11.0. The minimum atomic E-state index is -1.06. The zero-order chi connectivity index (χ0) is 22.3. The van der Waals surface area contributed by atoms with Crippen molar-refractivity contribution in [1.82, 2.24) is 15.3 Å². The maximum absolute atomic E-state index is 12.6. The Labute approximate surface area is 190 Å². The Morgan fingerprint density at radius 3 is 2.97 bits per heavy atom. The number of rotatable bonds is 6. The van der Waals surface area contributed by atoms with Crippen LogP contribution in [0.25, 0.3) is 10.2 Å². The molecule has 2 N–H and O–H groups in total. The summed E-state index contributed by atoms with van der Waals surface area (Å²) in [5, 5.41) is 16.9. The average molecular weight is 454 g/mol. The normalized spacial score (nSPS) is 27.0. The van der Waals surface area contributed by atoms with Gasteiger partial charge in [-0.1, -0.05) is 19.9 Å². The van der Waals surface area contributed by atoms with Gasteiger partial charge in [0.1, 0.15) is 16.1 Å². The summed E-state index contributed by atoms with van der Waals surface area (Å²) in [6, 6.07) is 8.26. The van der Waals surface area contributed by atoms with Gasteiger partial charge in [0, 0.05) is 17.6 Å². The minimum Gasteiger partial charge on any atom is -0.480 e. The number of nitrogens with one attached hydrogen (secondary N) is 1. The molecule has 8 heteroatoms. The van der Waals surface area contributed by atoms with Gasteiger partial charge in [0.25, 0.3) is 0 Å². The van der Waals surface area contributed by atoms with Crippen molar-refractivity contribution in [3.8, 4) is 11.5 Å². The lowest BCUT2D eigenvalue weighted by atomic mass is 9.60. The van der Waals surface area contributed by atoms with Crippen LogP contribution in [0, 0.1) is 11.8 Å². The van der Waals surface area contributed by atoms with Crippen molar-refractivity contribution >= 4 is 27.5 Å². The van der Waals surface area contributed by atoms with Crippen molar-refractivity contribution < 1.29 is 19.4 Å². The maximum atomic E-state index is 12.6. The molecule has 0 radical (unpaired) electrons. The van der Waals surface area contributed by atoms with Crippen LogP contribution < -0.4 is 14.8 Å². The molecule has 4 atom stereocenters. The number of hydrogen-bond donors (Lipinski definition) is 2. The van der Waals surface area contributed by atoms with Crippen molar-refractivity contribution in [3.63, 3.8) is 0 Å². The first kappa shape index (κ1) is 21.2. The number of thiophene rings is 1. The van der Waals surface area contributed by atoms with E-state index in [9.17, 15) is 9.90 Å². The Balaban J connectivity index is 1.28. The van der Waals surface area contributed by atoms with Crippen LogP contribution in [0.1, 0.15) is 38.1 Å². The fourth-order valence-electron chi connectivity index (χ4n) is 5.14. The zero-order valence-corrected chi connectivity index (χ0v) is 19.0. The van der Waals surface area contributed by atoms with E-state index in [1.807, 2.05) is 30.5 Å². The van der Waals surface area contributed by atoms with Crippen LogP contribution in [0.5, 0.6) is 11.5 Å². The van der Waals surface area contributed by atoms with Crippen LogP contribution in [-0.2, 0) is 16.6 Å². The number of fused-ring (bicyclic) bond motifs is 2. The summed E-state index contributed by atoms with van der Waals surface area (Å²) in [7, 11) is 0. The summed E-state index contributed by atoms with van der Waals surface area (Å²) in [4.78, 5) is 22.6. The molecule has 32 heavy (non-hydrogen) atoms. The molecule has 1 fully saturated rings. The molecule has 2 aliphatic rings. The summed E-state index contributed by atoms with van der Waals surface area (Å²) in [5.74, 6) is 1.28. The number of carboxylic acids is 1. The second-order valence-electron chi connectivity index (χ2n) is 8.84. The van der Waals surface area contributed by atoms with Gasteiger partial charge in [-0.3, -0.25) is 4.79 Å². The predicted octanol–water partition coefficient (Wildman–Crippen LogP) is 4.01. The molecule has 168 valence electrons. The van der Waals surface area contributed by atoms with Crippen molar-refractivity contribution in [3.05, 3.63) is 47.2 Å². The fraction of sp³-hybridized carbons (Fsp3) is 0.458. The Hall–Kier alpha value is -2.71. The van der Waals surface area contributed by atoms with Crippen LogP contribution in [0.4, 0.5) is 0 Å². The summed E-state index contributed by atoms with van der Waals surface area (Å²) in [6.45, 7) is 5.28. The Kier molecular flexibility index (Phi) is 5.51. The number of aromatic nitrogens is 2. The van der Waals surface area contributed by atoms with Crippen molar-refractivity contribution in [1.29, 1.82) is 0 Å². The molecule has 2 aromatic heterocycles. The smallest absolute Gasteiger partial charge is 0.317 e. The number of carboxylic acid groups (broad SMARTS) is 1. The molecule has 5 rings (SSSR count). The topological polar surface area (TPSA) is 93.6 Å². The van der Waals surface area contributed by atoms with Gasteiger partial charge in [0.15, 0.2) is 11.5 Å². The summed E-state index contributed by atoms with van der Waals surface area (Å²) in [5.41, 5.74) is 0.128. The molecule has 4 unspecified atom stereocenters. The molecular formula is C24H27N3O4S. The van der Waals surface area contributed by atoms with Gasteiger partial charge in [0.05, 0.1) is 0 Å². The number of aliphatic carboxylic acids is 1. The highest BCUT2D eigenvalue weighted by Crippen LogP contribution is 2.46.